The third-order valence-corrected chi connectivity index (χ3v) is 3.84. The number of hydrogen-bond donors (Lipinski definition) is 1. The van der Waals surface area contributed by atoms with Crippen LogP contribution in [-0.4, -0.2) is 5.78 Å². The number of thiophene rings is 1. The van der Waals surface area contributed by atoms with E-state index in [2.05, 4.69) is 0 Å². The van der Waals surface area contributed by atoms with Crippen molar-refractivity contribution in [3.8, 4) is 0 Å². The average molecular weight is 209 g/mol. The Bertz CT molecular complexity index is 379. The lowest BCUT2D eigenvalue weighted by molar-refractivity contribution is 0.0940. The van der Waals surface area contributed by atoms with Crippen LogP contribution in [0.25, 0.3) is 0 Å². The SMILES string of the molecule is CC(C)C(=O)c1c(N)sc2c1CCC2. The summed E-state index contributed by atoms with van der Waals surface area (Å²) in [5.74, 6) is 0.263. The van der Waals surface area contributed by atoms with Gasteiger partial charge in [0.05, 0.1) is 10.6 Å². The highest BCUT2D eigenvalue weighted by molar-refractivity contribution is 7.16. The second-order valence-corrected chi connectivity index (χ2v) is 5.25. The Kier molecular flexibility index (Phi) is 2.35. The second-order valence-electron chi connectivity index (χ2n) is 4.12. The van der Waals surface area contributed by atoms with Crippen molar-refractivity contribution in [3.63, 3.8) is 0 Å². The van der Waals surface area contributed by atoms with Crippen LogP contribution in [0.2, 0.25) is 0 Å². The Hall–Kier alpha value is -0.830. The first-order valence-electron chi connectivity index (χ1n) is 5.05. The lowest BCUT2D eigenvalue weighted by atomic mass is 9.98. The first kappa shape index (κ1) is 9.71. The summed E-state index contributed by atoms with van der Waals surface area (Å²) in [7, 11) is 0. The monoisotopic (exact) mass is 209 g/mol. The van der Waals surface area contributed by atoms with Crippen molar-refractivity contribution in [3.05, 3.63) is 16.0 Å². The van der Waals surface area contributed by atoms with Gasteiger partial charge in [-0.2, -0.15) is 0 Å². The minimum atomic E-state index is 0.0524. The molecule has 0 saturated carbocycles. The second kappa shape index (κ2) is 3.39. The minimum absolute atomic E-state index is 0.0524. The Morgan fingerprint density at radius 2 is 2.14 bits per heavy atom. The summed E-state index contributed by atoms with van der Waals surface area (Å²) in [6, 6.07) is 0. The van der Waals surface area contributed by atoms with Crippen LogP contribution >= 0.6 is 11.3 Å². The summed E-state index contributed by atoms with van der Waals surface area (Å²) in [5, 5.41) is 0.730. The number of nitrogen functional groups attached to an aromatic ring is 1. The van der Waals surface area contributed by atoms with Crippen molar-refractivity contribution < 1.29 is 4.79 Å². The largest absolute Gasteiger partial charge is 0.390 e. The van der Waals surface area contributed by atoms with E-state index in [-0.39, 0.29) is 11.7 Å². The fourth-order valence-electron chi connectivity index (χ4n) is 1.98. The molecule has 0 fully saturated rings. The molecule has 2 N–H and O–H groups in total. The van der Waals surface area contributed by atoms with Crippen LogP contribution in [0, 0.1) is 5.92 Å². The van der Waals surface area contributed by atoms with Gasteiger partial charge in [0.15, 0.2) is 5.78 Å². The average Bonchev–Trinajstić information content (AvgIpc) is 2.62. The molecule has 0 spiro atoms. The van der Waals surface area contributed by atoms with Gasteiger partial charge in [-0.25, -0.2) is 0 Å². The number of carbonyl (C=O) groups excluding carboxylic acids is 1. The van der Waals surface area contributed by atoms with Crippen LogP contribution in [0.5, 0.6) is 0 Å². The van der Waals surface area contributed by atoms with E-state index in [1.807, 2.05) is 13.8 Å². The van der Waals surface area contributed by atoms with Gasteiger partial charge in [-0.05, 0) is 24.8 Å². The molecule has 0 atom stereocenters. The maximum atomic E-state index is 11.9. The summed E-state index contributed by atoms with van der Waals surface area (Å²) in [6.07, 6.45) is 3.33. The molecule has 0 radical (unpaired) electrons. The van der Waals surface area contributed by atoms with Crippen LogP contribution in [-0.2, 0) is 12.8 Å². The number of anilines is 1. The lowest BCUT2D eigenvalue weighted by Crippen LogP contribution is -2.10. The van der Waals surface area contributed by atoms with E-state index >= 15 is 0 Å². The molecule has 1 aliphatic carbocycles. The van der Waals surface area contributed by atoms with Gasteiger partial charge in [0.25, 0.3) is 0 Å². The summed E-state index contributed by atoms with van der Waals surface area (Å²) in [4.78, 5) is 13.3. The summed E-state index contributed by atoms with van der Waals surface area (Å²) in [5.41, 5.74) is 7.96. The molecule has 0 aliphatic heterocycles. The van der Waals surface area contributed by atoms with E-state index in [0.29, 0.717) is 0 Å². The van der Waals surface area contributed by atoms with Gasteiger partial charge in [0.2, 0.25) is 0 Å². The molecule has 0 amide bonds. The van der Waals surface area contributed by atoms with Crippen LogP contribution in [0.15, 0.2) is 0 Å². The summed E-state index contributed by atoms with van der Waals surface area (Å²) in [6.45, 7) is 3.86. The van der Waals surface area contributed by atoms with E-state index in [1.165, 1.54) is 16.9 Å². The number of Topliss-reactive ketones (excluding diaryl/α,β-unsaturated/α-hetero) is 1. The third-order valence-electron chi connectivity index (χ3n) is 2.72. The summed E-state index contributed by atoms with van der Waals surface area (Å²) < 4.78 is 0. The van der Waals surface area contributed by atoms with Gasteiger partial charge in [0, 0.05) is 10.8 Å². The molecule has 1 aliphatic rings. The number of aryl methyl sites for hydroxylation is 1. The van der Waals surface area contributed by atoms with Gasteiger partial charge < -0.3 is 5.73 Å². The molecule has 3 heteroatoms. The maximum Gasteiger partial charge on any atom is 0.168 e. The van der Waals surface area contributed by atoms with E-state index in [4.69, 9.17) is 5.73 Å². The van der Waals surface area contributed by atoms with Gasteiger partial charge in [0.1, 0.15) is 0 Å². The molecule has 0 aromatic carbocycles. The molecule has 76 valence electrons. The topological polar surface area (TPSA) is 43.1 Å². The van der Waals surface area contributed by atoms with Crippen molar-refractivity contribution >= 4 is 22.1 Å². The number of fused-ring (bicyclic) bond motifs is 1. The smallest absolute Gasteiger partial charge is 0.168 e. The van der Waals surface area contributed by atoms with Gasteiger partial charge in [-0.1, -0.05) is 13.8 Å². The van der Waals surface area contributed by atoms with Crippen LogP contribution in [0.3, 0.4) is 0 Å². The molecule has 1 aromatic rings. The Morgan fingerprint density at radius 3 is 2.79 bits per heavy atom. The zero-order chi connectivity index (χ0) is 10.3. The summed E-state index contributed by atoms with van der Waals surface area (Å²) >= 11 is 1.61. The van der Waals surface area contributed by atoms with Crippen LogP contribution in [0.1, 0.15) is 41.1 Å². The first-order chi connectivity index (χ1) is 6.61. The van der Waals surface area contributed by atoms with Crippen LogP contribution in [0.4, 0.5) is 5.00 Å². The highest BCUT2D eigenvalue weighted by Crippen LogP contribution is 2.38. The number of carbonyl (C=O) groups is 1. The predicted octanol–water partition coefficient (Wildman–Crippen LogP) is 2.66. The predicted molar refractivity (Wildman–Crippen MR) is 59.9 cm³/mol. The first-order valence-corrected chi connectivity index (χ1v) is 5.87. The zero-order valence-corrected chi connectivity index (χ0v) is 9.41. The van der Waals surface area contributed by atoms with Gasteiger partial charge in [-0.15, -0.1) is 11.3 Å². The van der Waals surface area contributed by atoms with Crippen molar-refractivity contribution in [2.24, 2.45) is 5.92 Å². The Balaban J connectivity index is 2.47. The van der Waals surface area contributed by atoms with Crippen molar-refractivity contribution in [2.75, 3.05) is 5.73 Å². The maximum absolute atomic E-state index is 11.9. The van der Waals surface area contributed by atoms with Crippen molar-refractivity contribution in [1.82, 2.24) is 0 Å². The van der Waals surface area contributed by atoms with Gasteiger partial charge >= 0.3 is 0 Å². The van der Waals surface area contributed by atoms with Crippen molar-refractivity contribution in [1.29, 1.82) is 0 Å². The third kappa shape index (κ3) is 1.36. The molecule has 2 rings (SSSR count). The Labute approximate surface area is 88.1 Å². The molecule has 0 saturated heterocycles. The quantitative estimate of drug-likeness (QED) is 0.761. The highest BCUT2D eigenvalue weighted by Gasteiger charge is 2.26. The number of rotatable bonds is 2. The van der Waals surface area contributed by atoms with Gasteiger partial charge in [-0.3, -0.25) is 4.79 Å². The molecule has 1 aromatic heterocycles. The molecular formula is C11H15NOS. The fourth-order valence-corrected chi connectivity index (χ4v) is 3.15. The Morgan fingerprint density at radius 1 is 1.43 bits per heavy atom. The van der Waals surface area contributed by atoms with Crippen LogP contribution < -0.4 is 5.73 Å². The molecular weight excluding hydrogens is 194 g/mol. The molecule has 1 heterocycles. The number of nitrogens with two attached hydrogens (primary N) is 1. The number of ketones is 1. The molecule has 2 nitrogen and oxygen atoms in total. The standard InChI is InChI=1S/C11H15NOS/c1-6(2)10(13)9-7-4-3-5-8(7)14-11(9)12/h6H,3-5,12H2,1-2H3. The highest BCUT2D eigenvalue weighted by atomic mass is 32.1. The van der Waals surface area contributed by atoms with E-state index in [1.54, 1.807) is 11.3 Å². The minimum Gasteiger partial charge on any atom is -0.390 e. The lowest BCUT2D eigenvalue weighted by Gasteiger charge is -2.05. The zero-order valence-electron chi connectivity index (χ0n) is 8.59. The van der Waals surface area contributed by atoms with E-state index in [0.717, 1.165) is 23.4 Å². The van der Waals surface area contributed by atoms with Crippen molar-refractivity contribution in [2.45, 2.75) is 33.1 Å². The number of hydrogen-bond acceptors (Lipinski definition) is 3. The molecule has 0 unspecified atom stereocenters. The normalized spacial score (nSPS) is 14.8. The van der Waals surface area contributed by atoms with E-state index < -0.39 is 0 Å². The molecule has 0 bridgehead atoms. The fraction of sp³-hybridized carbons (Fsp3) is 0.545. The van der Waals surface area contributed by atoms with E-state index in [9.17, 15) is 4.79 Å². The molecule has 14 heavy (non-hydrogen) atoms.